The van der Waals surface area contributed by atoms with Gasteiger partial charge < -0.3 is 15.5 Å². The van der Waals surface area contributed by atoms with Crippen LogP contribution in [0.1, 0.15) is 40.5 Å². The first-order valence-corrected chi connectivity index (χ1v) is 7.21. The maximum Gasteiger partial charge on any atom is 0.242 e. The number of aliphatic imine (C=N–C) groups is 1. The van der Waals surface area contributed by atoms with Gasteiger partial charge in [-0.2, -0.15) is 0 Å². The molecular formula is C15H30N4O. The maximum absolute atomic E-state index is 11.8. The van der Waals surface area contributed by atoms with Gasteiger partial charge in [-0.25, -0.2) is 4.99 Å². The van der Waals surface area contributed by atoms with E-state index >= 15 is 0 Å². The highest BCUT2D eigenvalue weighted by Gasteiger charge is 2.13. The van der Waals surface area contributed by atoms with E-state index in [9.17, 15) is 4.79 Å². The Balaban J connectivity index is 4.45. The number of hydrogen-bond acceptors (Lipinski definition) is 2. The summed E-state index contributed by atoms with van der Waals surface area (Å²) in [5.74, 6) is 0.702. The van der Waals surface area contributed by atoms with E-state index in [1.165, 1.54) is 0 Å². The van der Waals surface area contributed by atoms with Crippen LogP contribution in [0.25, 0.3) is 0 Å². The van der Waals surface area contributed by atoms with Gasteiger partial charge in [0.25, 0.3) is 0 Å². The fraction of sp³-hybridized carbons (Fsp3) is 0.733. The van der Waals surface area contributed by atoms with Crippen LogP contribution in [0.5, 0.6) is 0 Å². The average molecular weight is 282 g/mol. The van der Waals surface area contributed by atoms with Gasteiger partial charge in [0.2, 0.25) is 5.91 Å². The molecule has 0 radical (unpaired) electrons. The lowest BCUT2D eigenvalue weighted by atomic mass is 10.1. The fourth-order valence-electron chi connectivity index (χ4n) is 1.65. The summed E-state index contributed by atoms with van der Waals surface area (Å²) in [7, 11) is 1.98. The Hall–Kier alpha value is -1.52. The summed E-state index contributed by atoms with van der Waals surface area (Å²) in [5, 5.41) is 6.10. The molecule has 1 amide bonds. The molecular weight excluding hydrogens is 252 g/mol. The quantitative estimate of drug-likeness (QED) is 0.324. The van der Waals surface area contributed by atoms with E-state index in [1.54, 1.807) is 0 Å². The minimum Gasteiger partial charge on any atom is -0.357 e. The van der Waals surface area contributed by atoms with Crippen LogP contribution in [-0.2, 0) is 4.79 Å². The Labute approximate surface area is 123 Å². The van der Waals surface area contributed by atoms with Crippen molar-refractivity contribution in [3.8, 4) is 0 Å². The van der Waals surface area contributed by atoms with E-state index in [0.717, 1.165) is 31.9 Å². The largest absolute Gasteiger partial charge is 0.357 e. The van der Waals surface area contributed by atoms with Crippen molar-refractivity contribution in [2.24, 2.45) is 4.99 Å². The molecule has 0 saturated heterocycles. The summed E-state index contributed by atoms with van der Waals surface area (Å²) in [6.07, 6.45) is 3.92. The van der Waals surface area contributed by atoms with E-state index in [4.69, 9.17) is 0 Å². The number of amides is 1. The van der Waals surface area contributed by atoms with Crippen LogP contribution >= 0.6 is 0 Å². The number of carbonyl (C=O) groups is 1. The first-order chi connectivity index (χ1) is 9.30. The normalized spacial score (nSPS) is 11.9. The molecule has 0 atom stereocenters. The first kappa shape index (κ1) is 18.5. The predicted molar refractivity (Wildman–Crippen MR) is 85.9 cm³/mol. The summed E-state index contributed by atoms with van der Waals surface area (Å²) in [4.78, 5) is 18.2. The second-order valence-corrected chi connectivity index (χ2v) is 5.82. The number of rotatable bonds is 7. The number of nitrogens with zero attached hydrogens (tertiary/aromatic N) is 2. The fourth-order valence-corrected chi connectivity index (χ4v) is 1.65. The van der Waals surface area contributed by atoms with Crippen molar-refractivity contribution in [2.45, 2.75) is 46.1 Å². The van der Waals surface area contributed by atoms with Gasteiger partial charge in [0.1, 0.15) is 6.54 Å². The summed E-state index contributed by atoms with van der Waals surface area (Å²) in [6.45, 7) is 13.4. The Kier molecular flexibility index (Phi) is 8.68. The van der Waals surface area contributed by atoms with E-state index in [0.29, 0.717) is 0 Å². The van der Waals surface area contributed by atoms with Gasteiger partial charge in [0.15, 0.2) is 5.96 Å². The highest BCUT2D eigenvalue weighted by atomic mass is 16.2. The van der Waals surface area contributed by atoms with E-state index in [-0.39, 0.29) is 18.0 Å². The van der Waals surface area contributed by atoms with Gasteiger partial charge in [-0.05, 0) is 40.5 Å². The molecule has 116 valence electrons. The van der Waals surface area contributed by atoms with Crippen LogP contribution in [0.2, 0.25) is 0 Å². The molecule has 0 aromatic carbocycles. The van der Waals surface area contributed by atoms with E-state index in [1.807, 2.05) is 45.7 Å². The van der Waals surface area contributed by atoms with Crippen molar-refractivity contribution >= 4 is 11.9 Å². The lowest BCUT2D eigenvalue weighted by Gasteiger charge is -2.23. The van der Waals surface area contributed by atoms with Crippen LogP contribution in [-0.4, -0.2) is 49.0 Å². The molecule has 0 aliphatic heterocycles. The molecule has 5 heteroatoms. The van der Waals surface area contributed by atoms with Crippen molar-refractivity contribution in [3.05, 3.63) is 12.7 Å². The summed E-state index contributed by atoms with van der Waals surface area (Å²) >= 11 is 0. The molecule has 0 heterocycles. The lowest BCUT2D eigenvalue weighted by Crippen LogP contribution is -2.43. The molecule has 0 fully saturated rings. The molecule has 0 aromatic rings. The van der Waals surface area contributed by atoms with Crippen LogP contribution in [0.3, 0.4) is 0 Å². The molecule has 0 aromatic heterocycles. The van der Waals surface area contributed by atoms with Crippen molar-refractivity contribution < 1.29 is 4.79 Å². The smallest absolute Gasteiger partial charge is 0.242 e. The molecule has 2 N–H and O–H groups in total. The second-order valence-electron chi connectivity index (χ2n) is 5.82. The Morgan fingerprint density at radius 2 is 2.05 bits per heavy atom. The topological polar surface area (TPSA) is 56.7 Å². The third-order valence-electron chi connectivity index (χ3n) is 2.49. The number of hydrogen-bond donors (Lipinski definition) is 2. The zero-order valence-electron chi connectivity index (χ0n) is 13.6. The molecule has 0 rings (SSSR count). The molecule has 0 aliphatic carbocycles. The minimum atomic E-state index is -0.221. The van der Waals surface area contributed by atoms with E-state index < -0.39 is 0 Å². The number of allylic oxidation sites excluding steroid dienone is 1. The number of carbonyl (C=O) groups excluding carboxylic acids is 1. The SMILES string of the molecule is C=CCCCN(C)C(=NCC(=O)NC(C)(C)C)NCC. The highest BCUT2D eigenvalue weighted by molar-refractivity contribution is 5.85. The number of unbranched alkanes of at least 4 members (excludes halogenated alkanes) is 1. The third-order valence-corrected chi connectivity index (χ3v) is 2.49. The monoisotopic (exact) mass is 282 g/mol. The van der Waals surface area contributed by atoms with Gasteiger partial charge >= 0.3 is 0 Å². The van der Waals surface area contributed by atoms with Crippen molar-refractivity contribution in [2.75, 3.05) is 26.7 Å². The van der Waals surface area contributed by atoms with Crippen LogP contribution in [0.15, 0.2) is 17.6 Å². The van der Waals surface area contributed by atoms with Gasteiger partial charge in [-0.3, -0.25) is 4.79 Å². The van der Waals surface area contributed by atoms with Gasteiger partial charge in [-0.15, -0.1) is 6.58 Å². The van der Waals surface area contributed by atoms with Crippen molar-refractivity contribution in [1.82, 2.24) is 15.5 Å². The lowest BCUT2D eigenvalue weighted by molar-refractivity contribution is -0.121. The van der Waals surface area contributed by atoms with Crippen LogP contribution in [0, 0.1) is 0 Å². The molecule has 0 aliphatic rings. The summed E-state index contributed by atoms with van der Waals surface area (Å²) < 4.78 is 0. The Bertz CT molecular complexity index is 331. The molecule has 0 saturated carbocycles. The average Bonchev–Trinajstić information content (AvgIpc) is 2.32. The number of nitrogens with one attached hydrogen (secondary N) is 2. The summed E-state index contributed by atoms with van der Waals surface area (Å²) in [6, 6.07) is 0. The first-order valence-electron chi connectivity index (χ1n) is 7.21. The minimum absolute atomic E-state index is 0.0626. The predicted octanol–water partition coefficient (Wildman–Crippen LogP) is 1.76. The number of guanidine groups is 1. The molecule has 0 spiro atoms. The Morgan fingerprint density at radius 1 is 1.40 bits per heavy atom. The van der Waals surface area contributed by atoms with Gasteiger partial charge in [0, 0.05) is 25.7 Å². The maximum atomic E-state index is 11.8. The van der Waals surface area contributed by atoms with Gasteiger partial charge in [-0.1, -0.05) is 6.08 Å². The molecule has 0 unspecified atom stereocenters. The zero-order valence-corrected chi connectivity index (χ0v) is 13.6. The van der Waals surface area contributed by atoms with Crippen molar-refractivity contribution in [3.63, 3.8) is 0 Å². The standard InChI is InChI=1S/C15H30N4O/c1-7-9-10-11-19(6)14(16-8-2)17-12-13(20)18-15(3,4)5/h7H,1,8-12H2,2-6H3,(H,16,17)(H,18,20). The molecule has 0 bridgehead atoms. The molecule has 20 heavy (non-hydrogen) atoms. The van der Waals surface area contributed by atoms with E-state index in [2.05, 4.69) is 22.2 Å². The van der Waals surface area contributed by atoms with Gasteiger partial charge in [0.05, 0.1) is 0 Å². The summed E-state index contributed by atoms with van der Waals surface area (Å²) in [5.41, 5.74) is -0.221. The Morgan fingerprint density at radius 3 is 2.55 bits per heavy atom. The van der Waals surface area contributed by atoms with Crippen LogP contribution < -0.4 is 10.6 Å². The van der Waals surface area contributed by atoms with Crippen molar-refractivity contribution in [1.29, 1.82) is 0 Å². The highest BCUT2D eigenvalue weighted by Crippen LogP contribution is 1.98. The third kappa shape index (κ3) is 9.42. The zero-order chi connectivity index (χ0) is 15.6. The van der Waals surface area contributed by atoms with Crippen LogP contribution in [0.4, 0.5) is 0 Å². The molecule has 5 nitrogen and oxygen atoms in total. The second kappa shape index (κ2) is 9.39.